The Morgan fingerprint density at radius 2 is 2.07 bits per heavy atom. The van der Waals surface area contributed by atoms with Crippen molar-refractivity contribution < 1.29 is 19.0 Å². The molecule has 4 rings (SSSR count). The Bertz CT molecular complexity index is 806. The molecule has 5 heteroatoms. The van der Waals surface area contributed by atoms with E-state index in [1.54, 1.807) is 13.2 Å². The molecule has 3 aliphatic rings. The van der Waals surface area contributed by atoms with E-state index in [1.165, 1.54) is 25.7 Å². The maximum absolute atomic E-state index is 12.8. The Balaban J connectivity index is 1.45. The molecule has 2 bridgehead atoms. The summed E-state index contributed by atoms with van der Waals surface area (Å²) < 4.78 is 18.4. The maximum Gasteiger partial charge on any atom is 0.344 e. The number of benzene rings is 1. The third kappa shape index (κ3) is 3.14. The molecule has 0 saturated heterocycles. The highest BCUT2D eigenvalue weighted by Crippen LogP contribution is 2.74. The first-order chi connectivity index (χ1) is 13.4. The molecule has 3 saturated carbocycles. The fraction of sp³-hybridized carbons (Fsp3) is 0.609. The van der Waals surface area contributed by atoms with Crippen molar-refractivity contribution in [1.29, 1.82) is 0 Å². The van der Waals surface area contributed by atoms with Gasteiger partial charge in [0.1, 0.15) is 5.60 Å². The molecule has 0 aliphatic heterocycles. The molecular formula is C23H29IO4. The van der Waals surface area contributed by atoms with E-state index in [9.17, 15) is 4.79 Å². The third-order valence-corrected chi connectivity index (χ3v) is 8.30. The van der Waals surface area contributed by atoms with Gasteiger partial charge in [0.2, 0.25) is 0 Å². The summed E-state index contributed by atoms with van der Waals surface area (Å²) in [6.07, 6.45) is 7.69. The Hall–Kier alpha value is -1.24. The van der Waals surface area contributed by atoms with Crippen LogP contribution in [0.4, 0.5) is 0 Å². The molecule has 5 unspecified atom stereocenters. The van der Waals surface area contributed by atoms with Gasteiger partial charge in [-0.25, -0.2) is 4.79 Å². The van der Waals surface area contributed by atoms with E-state index in [-0.39, 0.29) is 18.2 Å². The summed E-state index contributed by atoms with van der Waals surface area (Å²) in [6, 6.07) is 3.81. The number of rotatable bonds is 7. The lowest BCUT2D eigenvalue weighted by molar-refractivity contribution is -0.184. The monoisotopic (exact) mass is 496 g/mol. The molecule has 0 amide bonds. The van der Waals surface area contributed by atoms with Crippen molar-refractivity contribution in [3.05, 3.63) is 27.8 Å². The minimum absolute atomic E-state index is 0.102. The van der Waals surface area contributed by atoms with Crippen LogP contribution in [0.2, 0.25) is 0 Å². The lowest BCUT2D eigenvalue weighted by Gasteiger charge is -2.47. The van der Waals surface area contributed by atoms with Crippen molar-refractivity contribution >= 4 is 34.6 Å². The Morgan fingerprint density at radius 3 is 2.75 bits per heavy atom. The standard InChI is InChI=1S/C23H29IO4/c1-5-15-7-18(24)21(19(8-15)26-4)27-13-20(25)28-23(6-2)14(3)10-22-11-16(22)9-17(23)12-22/h5,7-8,14,16-17H,1,6,9-13H2,2-4H3. The van der Waals surface area contributed by atoms with Crippen LogP contribution in [-0.4, -0.2) is 25.3 Å². The average Bonchev–Trinajstić information content (AvgIpc) is 3.23. The average molecular weight is 496 g/mol. The molecule has 1 aromatic carbocycles. The predicted molar refractivity (Wildman–Crippen MR) is 117 cm³/mol. The lowest BCUT2D eigenvalue weighted by Crippen LogP contribution is -2.51. The number of carbonyl (C=O) groups is 1. The largest absolute Gasteiger partial charge is 0.493 e. The molecule has 0 heterocycles. The van der Waals surface area contributed by atoms with Crippen LogP contribution in [0.3, 0.4) is 0 Å². The SMILES string of the molecule is C=Cc1cc(I)c(OCC(=O)OC2(CC)C(C)CC34CC3CC2C4)c(OC)c1. The zero-order valence-corrected chi connectivity index (χ0v) is 19.1. The molecule has 1 spiro atoms. The van der Waals surface area contributed by atoms with E-state index in [0.717, 1.165) is 21.5 Å². The number of esters is 1. The highest BCUT2D eigenvalue weighted by atomic mass is 127. The Labute approximate surface area is 181 Å². The van der Waals surface area contributed by atoms with E-state index in [0.29, 0.717) is 28.7 Å². The van der Waals surface area contributed by atoms with Gasteiger partial charge < -0.3 is 14.2 Å². The van der Waals surface area contributed by atoms with Crippen molar-refractivity contribution in [2.45, 2.75) is 51.6 Å². The second kappa shape index (κ2) is 7.22. The van der Waals surface area contributed by atoms with Crippen LogP contribution in [0.15, 0.2) is 18.7 Å². The molecule has 3 aliphatic carbocycles. The van der Waals surface area contributed by atoms with Crippen LogP contribution in [0.25, 0.3) is 6.08 Å². The quantitative estimate of drug-likeness (QED) is 0.371. The number of ether oxygens (including phenoxy) is 3. The minimum Gasteiger partial charge on any atom is -0.493 e. The number of hydrogen-bond donors (Lipinski definition) is 0. The van der Waals surface area contributed by atoms with Gasteiger partial charge in [0.25, 0.3) is 0 Å². The molecule has 1 aromatic rings. The minimum atomic E-state index is -0.330. The van der Waals surface area contributed by atoms with E-state index >= 15 is 0 Å². The van der Waals surface area contributed by atoms with Gasteiger partial charge in [-0.1, -0.05) is 26.5 Å². The molecule has 152 valence electrons. The number of hydrogen-bond acceptors (Lipinski definition) is 4. The first-order valence-electron chi connectivity index (χ1n) is 10.2. The van der Waals surface area contributed by atoms with E-state index in [4.69, 9.17) is 14.2 Å². The second-order valence-corrected chi connectivity index (χ2v) is 9.98. The smallest absolute Gasteiger partial charge is 0.344 e. The molecule has 3 fully saturated rings. The van der Waals surface area contributed by atoms with Crippen LogP contribution < -0.4 is 9.47 Å². The third-order valence-electron chi connectivity index (χ3n) is 7.50. The van der Waals surface area contributed by atoms with Gasteiger partial charge in [-0.15, -0.1) is 0 Å². The highest BCUT2D eigenvalue weighted by molar-refractivity contribution is 14.1. The van der Waals surface area contributed by atoms with Gasteiger partial charge in [-0.05, 0) is 95.6 Å². The van der Waals surface area contributed by atoms with Gasteiger partial charge in [0.05, 0.1) is 10.7 Å². The van der Waals surface area contributed by atoms with Crippen LogP contribution in [-0.2, 0) is 9.53 Å². The fourth-order valence-corrected chi connectivity index (χ4v) is 6.87. The Kier molecular flexibility index (Phi) is 5.17. The van der Waals surface area contributed by atoms with Crippen molar-refractivity contribution in [1.82, 2.24) is 0 Å². The zero-order valence-electron chi connectivity index (χ0n) is 16.9. The summed E-state index contributed by atoms with van der Waals surface area (Å²) in [4.78, 5) is 12.8. The predicted octanol–water partition coefficient (Wildman–Crippen LogP) is 5.47. The van der Waals surface area contributed by atoms with Crippen LogP contribution in [0.5, 0.6) is 11.5 Å². The first-order valence-corrected chi connectivity index (χ1v) is 11.3. The lowest BCUT2D eigenvalue weighted by atomic mass is 9.65. The summed E-state index contributed by atoms with van der Waals surface area (Å²) in [6.45, 7) is 8.12. The maximum atomic E-state index is 12.8. The molecule has 0 N–H and O–H groups in total. The van der Waals surface area contributed by atoms with Crippen molar-refractivity contribution in [3.8, 4) is 11.5 Å². The van der Waals surface area contributed by atoms with Crippen LogP contribution in [0, 0.1) is 26.7 Å². The Morgan fingerprint density at radius 1 is 1.32 bits per heavy atom. The number of halogens is 1. The first kappa shape index (κ1) is 20.0. The fourth-order valence-electron chi connectivity index (χ4n) is 6.09. The number of fused-ring (bicyclic) bond motifs is 1. The summed E-state index contributed by atoms with van der Waals surface area (Å²) in [5.74, 6) is 2.69. The van der Waals surface area contributed by atoms with Crippen molar-refractivity contribution in [2.24, 2.45) is 23.2 Å². The van der Waals surface area contributed by atoms with E-state index < -0.39 is 0 Å². The molecular weight excluding hydrogens is 467 g/mol. The van der Waals surface area contributed by atoms with Crippen molar-refractivity contribution in [3.63, 3.8) is 0 Å². The van der Waals surface area contributed by atoms with Gasteiger partial charge in [-0.3, -0.25) is 0 Å². The van der Waals surface area contributed by atoms with Crippen LogP contribution in [0.1, 0.15) is 51.5 Å². The van der Waals surface area contributed by atoms with Gasteiger partial charge in [0.15, 0.2) is 18.1 Å². The molecule has 4 nitrogen and oxygen atoms in total. The summed E-state index contributed by atoms with van der Waals surface area (Å²) in [7, 11) is 1.60. The second-order valence-electron chi connectivity index (χ2n) is 8.81. The molecule has 0 aromatic heterocycles. The van der Waals surface area contributed by atoms with Gasteiger partial charge in [-0.2, -0.15) is 0 Å². The summed E-state index contributed by atoms with van der Waals surface area (Å²) in [5.41, 5.74) is 1.20. The van der Waals surface area contributed by atoms with Gasteiger partial charge >= 0.3 is 5.97 Å². The number of methoxy groups -OCH3 is 1. The van der Waals surface area contributed by atoms with Gasteiger partial charge in [0, 0.05) is 0 Å². The molecule has 28 heavy (non-hydrogen) atoms. The summed E-state index contributed by atoms with van der Waals surface area (Å²) >= 11 is 2.19. The molecule has 5 atom stereocenters. The zero-order chi connectivity index (χ0) is 20.1. The summed E-state index contributed by atoms with van der Waals surface area (Å²) in [5, 5.41) is 0. The normalized spacial score (nSPS) is 35.1. The highest BCUT2D eigenvalue weighted by Gasteiger charge is 2.69. The van der Waals surface area contributed by atoms with E-state index in [1.807, 2.05) is 12.1 Å². The molecule has 0 radical (unpaired) electrons. The number of carbonyl (C=O) groups excluding carboxylic acids is 1. The van der Waals surface area contributed by atoms with Crippen LogP contribution >= 0.6 is 22.6 Å². The van der Waals surface area contributed by atoms with E-state index in [2.05, 4.69) is 43.0 Å². The van der Waals surface area contributed by atoms with Crippen molar-refractivity contribution in [2.75, 3.05) is 13.7 Å². The topological polar surface area (TPSA) is 44.8 Å².